The second-order valence-corrected chi connectivity index (χ2v) is 5.45. The van der Waals surface area contributed by atoms with Gasteiger partial charge >= 0.3 is 0 Å². The molecule has 2 rings (SSSR count). The van der Waals surface area contributed by atoms with E-state index in [1.165, 1.54) is 5.56 Å². The molecule has 0 spiro atoms. The van der Waals surface area contributed by atoms with Crippen LogP contribution >= 0.6 is 24.8 Å². The van der Waals surface area contributed by atoms with Gasteiger partial charge in [0.05, 0.1) is 0 Å². The lowest BCUT2D eigenvalue weighted by molar-refractivity contribution is -0.120. The average molecular weight is 334 g/mol. The molecular formula is C15H25Cl2N3O. The highest BCUT2D eigenvalue weighted by Gasteiger charge is 2.20. The molecule has 1 saturated heterocycles. The van der Waals surface area contributed by atoms with Crippen LogP contribution in [0.3, 0.4) is 0 Å². The van der Waals surface area contributed by atoms with Gasteiger partial charge in [-0.3, -0.25) is 4.79 Å². The Morgan fingerprint density at radius 1 is 1.29 bits per heavy atom. The van der Waals surface area contributed by atoms with E-state index in [-0.39, 0.29) is 36.6 Å². The molecule has 0 aromatic heterocycles. The largest absolute Gasteiger partial charge is 0.326 e. The van der Waals surface area contributed by atoms with E-state index in [0.717, 1.165) is 38.2 Å². The summed E-state index contributed by atoms with van der Waals surface area (Å²) in [5.74, 6) is 0.308. The van der Waals surface area contributed by atoms with Crippen molar-refractivity contribution in [2.45, 2.75) is 19.4 Å². The second-order valence-electron chi connectivity index (χ2n) is 5.45. The summed E-state index contributed by atoms with van der Waals surface area (Å²) in [5.41, 5.74) is 2.12. The van der Waals surface area contributed by atoms with Crippen LogP contribution in [0.5, 0.6) is 0 Å². The molecule has 1 heterocycles. The van der Waals surface area contributed by atoms with Gasteiger partial charge < -0.3 is 15.5 Å². The molecule has 120 valence electrons. The van der Waals surface area contributed by atoms with Crippen molar-refractivity contribution >= 4 is 36.4 Å². The number of anilines is 1. The number of piperidine rings is 1. The third-order valence-electron chi connectivity index (χ3n) is 3.40. The summed E-state index contributed by atoms with van der Waals surface area (Å²) in [6, 6.07) is 8.09. The molecule has 1 amide bonds. The van der Waals surface area contributed by atoms with Gasteiger partial charge in [-0.05, 0) is 57.7 Å². The minimum absolute atomic E-state index is 0. The Balaban J connectivity index is 0.00000200. The highest BCUT2D eigenvalue weighted by Crippen LogP contribution is 2.17. The molecule has 0 bridgehead atoms. The van der Waals surface area contributed by atoms with E-state index in [2.05, 4.69) is 27.7 Å². The summed E-state index contributed by atoms with van der Waals surface area (Å²) in [6.45, 7) is 2.77. The van der Waals surface area contributed by atoms with Gasteiger partial charge in [-0.25, -0.2) is 0 Å². The zero-order chi connectivity index (χ0) is 13.7. The number of rotatable bonds is 4. The number of halogens is 2. The fourth-order valence-electron chi connectivity index (χ4n) is 2.44. The van der Waals surface area contributed by atoms with Gasteiger partial charge in [0.1, 0.15) is 0 Å². The van der Waals surface area contributed by atoms with Gasteiger partial charge in [0.15, 0.2) is 0 Å². The third-order valence-corrected chi connectivity index (χ3v) is 3.40. The summed E-state index contributed by atoms with van der Waals surface area (Å²) in [4.78, 5) is 14.3. The normalized spacial score (nSPS) is 15.0. The van der Waals surface area contributed by atoms with E-state index >= 15 is 0 Å². The van der Waals surface area contributed by atoms with Crippen molar-refractivity contribution in [3.8, 4) is 0 Å². The maximum atomic E-state index is 12.2. The van der Waals surface area contributed by atoms with Gasteiger partial charge in [0.25, 0.3) is 0 Å². The number of hydrogen-bond donors (Lipinski definition) is 2. The molecule has 0 saturated carbocycles. The molecule has 0 radical (unpaired) electrons. The van der Waals surface area contributed by atoms with E-state index in [0.29, 0.717) is 0 Å². The number of nitrogens with one attached hydrogen (secondary N) is 2. The zero-order valence-corrected chi connectivity index (χ0v) is 14.2. The standard InChI is InChI=1S/C15H23N3O.2ClH/c1-18(2)11-12-4-3-5-14(10-12)17-15(19)13-6-8-16-9-7-13;;/h3-5,10,13,16H,6-9,11H2,1-2H3,(H,17,19);2*1H. The van der Waals surface area contributed by atoms with Crippen LogP contribution in [0.15, 0.2) is 24.3 Å². The van der Waals surface area contributed by atoms with Crippen LogP contribution in [0.25, 0.3) is 0 Å². The van der Waals surface area contributed by atoms with Crippen LogP contribution in [-0.4, -0.2) is 38.0 Å². The number of hydrogen-bond acceptors (Lipinski definition) is 3. The SMILES string of the molecule is CN(C)Cc1cccc(NC(=O)C2CCNCC2)c1.Cl.Cl. The fourth-order valence-corrected chi connectivity index (χ4v) is 2.44. The highest BCUT2D eigenvalue weighted by atomic mass is 35.5. The summed E-state index contributed by atoms with van der Waals surface area (Å²) in [7, 11) is 4.08. The van der Waals surface area contributed by atoms with Crippen LogP contribution in [0.2, 0.25) is 0 Å². The first-order chi connectivity index (χ1) is 9.15. The summed E-state index contributed by atoms with van der Waals surface area (Å²) >= 11 is 0. The van der Waals surface area contributed by atoms with Crippen LogP contribution in [0, 0.1) is 5.92 Å². The quantitative estimate of drug-likeness (QED) is 0.889. The van der Waals surface area contributed by atoms with Crippen LogP contribution in [0.4, 0.5) is 5.69 Å². The van der Waals surface area contributed by atoms with Gasteiger partial charge in [-0.1, -0.05) is 12.1 Å². The minimum Gasteiger partial charge on any atom is -0.326 e. The smallest absolute Gasteiger partial charge is 0.227 e. The predicted octanol–water partition coefficient (Wildman–Crippen LogP) is 2.53. The Morgan fingerprint density at radius 2 is 1.95 bits per heavy atom. The molecular weight excluding hydrogens is 309 g/mol. The summed E-state index contributed by atoms with van der Waals surface area (Å²) < 4.78 is 0. The lowest BCUT2D eigenvalue weighted by atomic mass is 9.97. The van der Waals surface area contributed by atoms with Crippen molar-refractivity contribution in [3.05, 3.63) is 29.8 Å². The van der Waals surface area contributed by atoms with Crippen molar-refractivity contribution < 1.29 is 4.79 Å². The number of nitrogens with zero attached hydrogens (tertiary/aromatic N) is 1. The Kier molecular flexibility index (Phi) is 9.62. The van der Waals surface area contributed by atoms with Gasteiger partial charge in [-0.2, -0.15) is 0 Å². The van der Waals surface area contributed by atoms with E-state index in [1.807, 2.05) is 26.2 Å². The van der Waals surface area contributed by atoms with E-state index in [1.54, 1.807) is 0 Å². The topological polar surface area (TPSA) is 44.4 Å². The highest BCUT2D eigenvalue weighted by molar-refractivity contribution is 5.92. The van der Waals surface area contributed by atoms with Crippen molar-refractivity contribution in [2.24, 2.45) is 5.92 Å². The lowest BCUT2D eigenvalue weighted by Crippen LogP contribution is -2.34. The van der Waals surface area contributed by atoms with Crippen LogP contribution < -0.4 is 10.6 Å². The van der Waals surface area contributed by atoms with Crippen molar-refractivity contribution in [1.29, 1.82) is 0 Å². The first-order valence-corrected chi connectivity index (χ1v) is 6.90. The van der Waals surface area contributed by atoms with Gasteiger partial charge in [0.2, 0.25) is 5.91 Å². The van der Waals surface area contributed by atoms with Crippen molar-refractivity contribution in [2.75, 3.05) is 32.5 Å². The zero-order valence-electron chi connectivity index (χ0n) is 12.6. The molecule has 0 atom stereocenters. The van der Waals surface area contributed by atoms with E-state index in [4.69, 9.17) is 0 Å². The van der Waals surface area contributed by atoms with Crippen molar-refractivity contribution in [1.82, 2.24) is 10.2 Å². The Morgan fingerprint density at radius 3 is 2.57 bits per heavy atom. The number of carbonyl (C=O) groups excluding carboxylic acids is 1. The number of amides is 1. The molecule has 1 aliphatic rings. The first kappa shape index (κ1) is 20.2. The third kappa shape index (κ3) is 6.66. The second kappa shape index (κ2) is 10.0. The molecule has 21 heavy (non-hydrogen) atoms. The Hall–Kier alpha value is -0.810. The number of carbonyl (C=O) groups is 1. The van der Waals surface area contributed by atoms with Crippen LogP contribution in [-0.2, 0) is 11.3 Å². The van der Waals surface area contributed by atoms with Crippen LogP contribution in [0.1, 0.15) is 18.4 Å². The fraction of sp³-hybridized carbons (Fsp3) is 0.533. The maximum absolute atomic E-state index is 12.2. The minimum atomic E-state index is 0. The van der Waals surface area contributed by atoms with E-state index < -0.39 is 0 Å². The van der Waals surface area contributed by atoms with E-state index in [9.17, 15) is 4.79 Å². The lowest BCUT2D eigenvalue weighted by Gasteiger charge is -2.22. The molecule has 1 aliphatic heterocycles. The van der Waals surface area contributed by atoms with Gasteiger partial charge in [-0.15, -0.1) is 24.8 Å². The Labute approximate surface area is 139 Å². The molecule has 1 fully saturated rings. The van der Waals surface area contributed by atoms with Crippen molar-refractivity contribution in [3.63, 3.8) is 0 Å². The van der Waals surface area contributed by atoms with Gasteiger partial charge in [0, 0.05) is 18.2 Å². The molecule has 0 unspecified atom stereocenters. The molecule has 2 N–H and O–H groups in total. The molecule has 0 aliphatic carbocycles. The number of benzene rings is 1. The molecule has 4 nitrogen and oxygen atoms in total. The Bertz CT molecular complexity index is 435. The first-order valence-electron chi connectivity index (χ1n) is 6.90. The molecule has 1 aromatic carbocycles. The summed E-state index contributed by atoms with van der Waals surface area (Å²) in [6.07, 6.45) is 1.87. The summed E-state index contributed by atoms with van der Waals surface area (Å²) in [5, 5.41) is 6.32. The predicted molar refractivity (Wildman–Crippen MR) is 92.6 cm³/mol. The average Bonchev–Trinajstić information content (AvgIpc) is 2.39. The molecule has 6 heteroatoms. The maximum Gasteiger partial charge on any atom is 0.227 e. The molecule has 1 aromatic rings. The monoisotopic (exact) mass is 333 g/mol.